The molecule has 0 spiro atoms. The van der Waals surface area contributed by atoms with Crippen LogP contribution in [-0.4, -0.2) is 58.9 Å². The molecule has 0 bridgehead atoms. The van der Waals surface area contributed by atoms with Crippen molar-refractivity contribution in [2.45, 2.75) is 217 Å². The zero-order valence-electron chi connectivity index (χ0n) is 27.8. The molecule has 0 amide bonds. The number of esters is 1. The van der Waals surface area contributed by atoms with E-state index in [1.165, 1.54) is 89.9 Å². The molecule has 3 rings (SSSR count). The van der Waals surface area contributed by atoms with Crippen LogP contribution in [0.3, 0.4) is 0 Å². The highest BCUT2D eigenvalue weighted by Gasteiger charge is 2.40. The van der Waals surface area contributed by atoms with Crippen molar-refractivity contribution in [2.75, 3.05) is 0 Å². The van der Waals surface area contributed by atoms with E-state index in [9.17, 15) is 15.0 Å². The lowest BCUT2D eigenvalue weighted by atomic mass is 10.00. The van der Waals surface area contributed by atoms with E-state index >= 15 is 0 Å². The third-order valence-corrected chi connectivity index (χ3v) is 9.98. The third kappa shape index (κ3) is 14.3. The highest BCUT2D eigenvalue weighted by atomic mass is 16.6. The number of hydrogen-bond acceptors (Lipinski definition) is 6. The average Bonchev–Trinajstić information content (AvgIpc) is 3.75. The fraction of sp³-hybridized carbons (Fsp3) is 0.919. The molecule has 0 aromatic heterocycles. The Bertz CT molecular complexity index is 768. The summed E-state index contributed by atoms with van der Waals surface area (Å²) in [5.41, 5.74) is 0.859. The molecular weight excluding hydrogens is 540 g/mol. The first-order valence-electron chi connectivity index (χ1n) is 18.6. The zero-order valence-corrected chi connectivity index (χ0v) is 27.8. The number of aliphatic hydroxyl groups is 2. The first kappa shape index (κ1) is 36.5. The van der Waals surface area contributed by atoms with Gasteiger partial charge < -0.3 is 24.4 Å². The molecule has 3 heterocycles. The number of carbonyl (C=O) groups is 1. The lowest BCUT2D eigenvalue weighted by Crippen LogP contribution is -2.33. The highest BCUT2D eigenvalue weighted by molar-refractivity contribution is 5.90. The summed E-state index contributed by atoms with van der Waals surface area (Å²) in [4.78, 5) is 11.6. The molecule has 2 saturated heterocycles. The van der Waals surface area contributed by atoms with Crippen molar-refractivity contribution in [1.29, 1.82) is 0 Å². The average molecular weight is 607 g/mol. The molecule has 0 radical (unpaired) electrons. The maximum atomic E-state index is 11.6. The molecule has 6 nitrogen and oxygen atoms in total. The van der Waals surface area contributed by atoms with Crippen LogP contribution in [0.5, 0.6) is 0 Å². The molecule has 43 heavy (non-hydrogen) atoms. The van der Waals surface area contributed by atoms with E-state index in [0.29, 0.717) is 0 Å². The van der Waals surface area contributed by atoms with Gasteiger partial charge in [-0.1, -0.05) is 116 Å². The zero-order chi connectivity index (χ0) is 30.7. The van der Waals surface area contributed by atoms with Gasteiger partial charge in [0.15, 0.2) is 0 Å². The molecule has 250 valence electrons. The van der Waals surface area contributed by atoms with Gasteiger partial charge in [-0.3, -0.25) is 0 Å². The summed E-state index contributed by atoms with van der Waals surface area (Å²) in [6, 6.07) is 0. The van der Waals surface area contributed by atoms with Gasteiger partial charge in [0.25, 0.3) is 0 Å². The molecule has 3 aliphatic rings. The summed E-state index contributed by atoms with van der Waals surface area (Å²) in [6.45, 7) is 4.18. The molecule has 0 aromatic carbocycles. The molecule has 0 saturated carbocycles. The number of aliphatic hydroxyl groups excluding tert-OH is 2. The van der Waals surface area contributed by atoms with Crippen LogP contribution in [0.25, 0.3) is 0 Å². The Balaban J connectivity index is 1.13. The van der Waals surface area contributed by atoms with Crippen molar-refractivity contribution >= 4 is 5.97 Å². The third-order valence-electron chi connectivity index (χ3n) is 9.98. The van der Waals surface area contributed by atoms with E-state index in [-0.39, 0.29) is 48.7 Å². The molecule has 3 aliphatic heterocycles. The van der Waals surface area contributed by atoms with E-state index in [2.05, 4.69) is 6.92 Å². The number of cyclic esters (lactones) is 1. The molecule has 7 atom stereocenters. The SMILES string of the molecule is CCCCCCCCCCCC[C@H](O)[C@H]1CC[C@H]([C@H]2CC[C@H]([C@H](O)CCCCCCCCCCC3=C[C@H](C)OC3=O)O2)O1. The predicted octanol–water partition coefficient (Wildman–Crippen LogP) is 8.89. The van der Waals surface area contributed by atoms with E-state index in [0.717, 1.165) is 76.2 Å². The minimum atomic E-state index is -0.386. The number of unbranched alkanes of at least 4 members (excludes halogenated alkanes) is 16. The maximum absolute atomic E-state index is 11.6. The van der Waals surface area contributed by atoms with E-state index in [1.807, 2.05) is 13.0 Å². The van der Waals surface area contributed by atoms with Crippen LogP contribution in [0.15, 0.2) is 11.6 Å². The van der Waals surface area contributed by atoms with Gasteiger partial charge in [-0.2, -0.15) is 0 Å². The van der Waals surface area contributed by atoms with Crippen molar-refractivity contribution < 1.29 is 29.2 Å². The molecule has 6 heteroatoms. The number of ether oxygens (including phenoxy) is 3. The smallest absolute Gasteiger partial charge is 0.334 e. The van der Waals surface area contributed by atoms with Crippen LogP contribution >= 0.6 is 0 Å². The predicted molar refractivity (Wildman–Crippen MR) is 174 cm³/mol. The van der Waals surface area contributed by atoms with E-state index < -0.39 is 0 Å². The lowest BCUT2D eigenvalue weighted by molar-refractivity contribution is -0.139. The number of hydrogen-bond donors (Lipinski definition) is 2. The van der Waals surface area contributed by atoms with Crippen LogP contribution in [0, 0.1) is 0 Å². The Hall–Kier alpha value is -0.950. The lowest BCUT2D eigenvalue weighted by Gasteiger charge is -2.24. The normalized spacial score (nSPS) is 27.0. The van der Waals surface area contributed by atoms with Crippen molar-refractivity contribution in [2.24, 2.45) is 0 Å². The summed E-state index contributed by atoms with van der Waals surface area (Å²) in [6.07, 6.45) is 29.9. The fourth-order valence-electron chi connectivity index (χ4n) is 7.25. The molecule has 0 unspecified atom stereocenters. The first-order chi connectivity index (χ1) is 21.0. The second-order valence-corrected chi connectivity index (χ2v) is 13.9. The van der Waals surface area contributed by atoms with E-state index in [4.69, 9.17) is 14.2 Å². The fourth-order valence-corrected chi connectivity index (χ4v) is 7.25. The van der Waals surface area contributed by atoms with Gasteiger partial charge in [-0.15, -0.1) is 0 Å². The minimum absolute atomic E-state index is 0.0524. The van der Waals surface area contributed by atoms with Crippen LogP contribution in [-0.2, 0) is 19.0 Å². The summed E-state index contributed by atoms with van der Waals surface area (Å²) in [5.74, 6) is -0.126. The van der Waals surface area contributed by atoms with Gasteiger partial charge in [-0.05, 0) is 64.4 Å². The first-order valence-corrected chi connectivity index (χ1v) is 18.6. The van der Waals surface area contributed by atoms with Gasteiger partial charge >= 0.3 is 5.97 Å². The van der Waals surface area contributed by atoms with Crippen molar-refractivity contribution in [3.63, 3.8) is 0 Å². The van der Waals surface area contributed by atoms with Gasteiger partial charge in [0.05, 0.1) is 36.6 Å². The number of rotatable bonds is 25. The van der Waals surface area contributed by atoms with Gasteiger partial charge in [0, 0.05) is 5.57 Å². The monoisotopic (exact) mass is 606 g/mol. The Morgan fingerprint density at radius 3 is 1.49 bits per heavy atom. The topological polar surface area (TPSA) is 85.2 Å². The quantitative estimate of drug-likeness (QED) is 0.0797. The van der Waals surface area contributed by atoms with Crippen LogP contribution in [0.2, 0.25) is 0 Å². The Morgan fingerprint density at radius 2 is 1.07 bits per heavy atom. The molecule has 2 fully saturated rings. The number of carbonyl (C=O) groups excluding carboxylic acids is 1. The largest absolute Gasteiger partial charge is 0.455 e. The van der Waals surface area contributed by atoms with Crippen molar-refractivity contribution in [3.8, 4) is 0 Å². The molecule has 2 N–H and O–H groups in total. The van der Waals surface area contributed by atoms with Gasteiger partial charge in [0.1, 0.15) is 6.10 Å². The van der Waals surface area contributed by atoms with Crippen molar-refractivity contribution in [3.05, 3.63) is 11.6 Å². The summed E-state index contributed by atoms with van der Waals surface area (Å²) < 4.78 is 17.7. The van der Waals surface area contributed by atoms with E-state index in [1.54, 1.807) is 0 Å². The summed E-state index contributed by atoms with van der Waals surface area (Å²) in [7, 11) is 0. The highest BCUT2D eigenvalue weighted by Crippen LogP contribution is 2.34. The Labute approximate surface area is 263 Å². The molecule has 0 aromatic rings. The van der Waals surface area contributed by atoms with Gasteiger partial charge in [0.2, 0.25) is 0 Å². The van der Waals surface area contributed by atoms with Crippen LogP contribution in [0.1, 0.15) is 174 Å². The van der Waals surface area contributed by atoms with Crippen molar-refractivity contribution in [1.82, 2.24) is 0 Å². The second kappa shape index (κ2) is 21.7. The summed E-state index contributed by atoms with van der Waals surface area (Å²) in [5, 5.41) is 21.5. The second-order valence-electron chi connectivity index (χ2n) is 13.9. The standard InChI is InChI=1S/C37H66O6/c1-3-4-5-6-7-8-9-13-16-19-22-31(38)33-24-26-35(42-33)36-27-25-34(43-36)32(39)23-20-17-14-11-10-12-15-18-21-30-28-29(2)41-37(30)40/h28-29,31-36,38-39H,3-27H2,1-2H3/t29-,31-,32+,33+,34+,35+,36+/m0/s1. The van der Waals surface area contributed by atoms with Crippen LogP contribution in [0.4, 0.5) is 0 Å². The Morgan fingerprint density at radius 1 is 0.651 bits per heavy atom. The maximum Gasteiger partial charge on any atom is 0.334 e. The minimum Gasteiger partial charge on any atom is -0.455 e. The summed E-state index contributed by atoms with van der Waals surface area (Å²) >= 11 is 0. The molecular formula is C37H66O6. The van der Waals surface area contributed by atoms with Gasteiger partial charge in [-0.25, -0.2) is 4.79 Å². The molecule has 0 aliphatic carbocycles. The van der Waals surface area contributed by atoms with Crippen LogP contribution < -0.4 is 0 Å². The Kier molecular flexibility index (Phi) is 18.5.